The van der Waals surface area contributed by atoms with Gasteiger partial charge in [0.2, 0.25) is 5.89 Å². The van der Waals surface area contributed by atoms with E-state index in [0.29, 0.717) is 12.5 Å². The summed E-state index contributed by atoms with van der Waals surface area (Å²) in [6.45, 7) is 9.92. The Kier molecular flexibility index (Phi) is 4.68. The van der Waals surface area contributed by atoms with E-state index < -0.39 is 0 Å². The molecule has 1 heterocycles. The minimum absolute atomic E-state index is 0.105. The van der Waals surface area contributed by atoms with Crippen LogP contribution >= 0.6 is 0 Å². The molecule has 114 valence electrons. The quantitative estimate of drug-likeness (QED) is 0.834. The van der Waals surface area contributed by atoms with Gasteiger partial charge in [-0.05, 0) is 52.9 Å². The lowest BCUT2D eigenvalue weighted by molar-refractivity contribution is 0.165. The van der Waals surface area contributed by atoms with E-state index in [0.717, 1.165) is 23.6 Å². The van der Waals surface area contributed by atoms with Crippen LogP contribution in [0.25, 0.3) is 11.5 Å². The van der Waals surface area contributed by atoms with Gasteiger partial charge in [0.05, 0.1) is 12.3 Å². The Balaban J connectivity index is 2.14. The predicted molar refractivity (Wildman–Crippen MR) is 84.3 cm³/mol. The Bertz CT molecular complexity index is 584. The molecule has 0 saturated carbocycles. The molecule has 0 atom stereocenters. The summed E-state index contributed by atoms with van der Waals surface area (Å²) in [5.41, 5.74) is 1.98. The van der Waals surface area contributed by atoms with Crippen LogP contribution in [-0.4, -0.2) is 29.1 Å². The molecule has 0 spiro atoms. The summed E-state index contributed by atoms with van der Waals surface area (Å²) in [7, 11) is 2.09. The van der Waals surface area contributed by atoms with Gasteiger partial charge in [-0.15, -0.1) is 0 Å². The normalized spacial score (nSPS) is 11.9. The van der Waals surface area contributed by atoms with Gasteiger partial charge in [-0.1, -0.05) is 6.07 Å². The number of ether oxygens (including phenoxy) is 1. The van der Waals surface area contributed by atoms with Crippen molar-refractivity contribution in [3.05, 3.63) is 36.2 Å². The van der Waals surface area contributed by atoms with Crippen molar-refractivity contribution in [3.63, 3.8) is 0 Å². The van der Waals surface area contributed by atoms with Crippen LogP contribution in [0, 0.1) is 0 Å². The van der Waals surface area contributed by atoms with Crippen LogP contribution in [-0.2, 0) is 6.54 Å². The average Bonchev–Trinajstić information content (AvgIpc) is 2.87. The Morgan fingerprint density at radius 3 is 2.71 bits per heavy atom. The minimum Gasteiger partial charge on any atom is -0.494 e. The summed E-state index contributed by atoms with van der Waals surface area (Å²) in [5, 5.41) is 0. The van der Waals surface area contributed by atoms with Crippen molar-refractivity contribution in [3.8, 4) is 17.2 Å². The molecule has 0 bridgehead atoms. The standard InChI is InChI=1S/C17H24N2O2/c1-6-20-15-9-7-8-13(10-15)16-18-14(12-21-16)11-19(5)17(2,3)4/h7-10,12H,6,11H2,1-5H3. The van der Waals surface area contributed by atoms with Gasteiger partial charge in [0, 0.05) is 17.6 Å². The molecule has 21 heavy (non-hydrogen) atoms. The third kappa shape index (κ3) is 4.08. The highest BCUT2D eigenvalue weighted by atomic mass is 16.5. The number of rotatable bonds is 5. The van der Waals surface area contributed by atoms with E-state index in [9.17, 15) is 0 Å². The average molecular weight is 288 g/mol. The van der Waals surface area contributed by atoms with Crippen LogP contribution in [0.15, 0.2) is 34.9 Å². The lowest BCUT2D eigenvalue weighted by atomic mass is 10.1. The molecule has 2 aromatic rings. The van der Waals surface area contributed by atoms with Gasteiger partial charge >= 0.3 is 0 Å². The fraction of sp³-hybridized carbons (Fsp3) is 0.471. The molecule has 0 saturated heterocycles. The third-order valence-electron chi connectivity index (χ3n) is 3.49. The molecule has 0 fully saturated rings. The molecule has 0 N–H and O–H groups in total. The predicted octanol–water partition coefficient (Wildman–Crippen LogP) is 3.97. The maximum Gasteiger partial charge on any atom is 0.226 e. The van der Waals surface area contributed by atoms with E-state index in [1.54, 1.807) is 6.26 Å². The number of nitrogens with zero attached hydrogens (tertiary/aromatic N) is 2. The fourth-order valence-electron chi connectivity index (χ4n) is 1.88. The largest absolute Gasteiger partial charge is 0.494 e. The van der Waals surface area contributed by atoms with Crippen molar-refractivity contribution in [2.75, 3.05) is 13.7 Å². The molecular formula is C17H24N2O2. The van der Waals surface area contributed by atoms with Crippen LogP contribution in [0.2, 0.25) is 0 Å². The molecule has 0 unspecified atom stereocenters. The molecule has 0 radical (unpaired) electrons. The molecule has 0 aliphatic rings. The molecule has 2 rings (SSSR count). The first-order valence-corrected chi connectivity index (χ1v) is 7.29. The van der Waals surface area contributed by atoms with Gasteiger partial charge in [-0.3, -0.25) is 4.90 Å². The highest BCUT2D eigenvalue weighted by Gasteiger charge is 2.18. The topological polar surface area (TPSA) is 38.5 Å². The van der Waals surface area contributed by atoms with Gasteiger partial charge in [-0.25, -0.2) is 4.98 Å². The number of hydrogen-bond donors (Lipinski definition) is 0. The zero-order valence-corrected chi connectivity index (χ0v) is 13.5. The molecule has 1 aromatic heterocycles. The van der Waals surface area contributed by atoms with E-state index in [2.05, 4.69) is 37.7 Å². The monoisotopic (exact) mass is 288 g/mol. The lowest BCUT2D eigenvalue weighted by Crippen LogP contribution is -2.37. The molecule has 0 aliphatic heterocycles. The smallest absolute Gasteiger partial charge is 0.226 e. The van der Waals surface area contributed by atoms with E-state index >= 15 is 0 Å². The minimum atomic E-state index is 0.105. The maximum absolute atomic E-state index is 5.60. The Hall–Kier alpha value is -1.81. The fourth-order valence-corrected chi connectivity index (χ4v) is 1.88. The maximum atomic E-state index is 5.60. The zero-order chi connectivity index (χ0) is 15.5. The summed E-state index contributed by atoms with van der Waals surface area (Å²) in [6.07, 6.45) is 1.73. The van der Waals surface area contributed by atoms with Crippen LogP contribution in [0.3, 0.4) is 0 Å². The van der Waals surface area contributed by atoms with Crippen LogP contribution in [0.1, 0.15) is 33.4 Å². The summed E-state index contributed by atoms with van der Waals surface area (Å²) in [6, 6.07) is 7.81. The number of oxazole rings is 1. The van der Waals surface area contributed by atoms with Gasteiger partial charge < -0.3 is 9.15 Å². The van der Waals surface area contributed by atoms with Crippen molar-refractivity contribution in [2.45, 2.75) is 39.8 Å². The molecule has 0 aliphatic carbocycles. The van der Waals surface area contributed by atoms with Crippen LogP contribution in [0.4, 0.5) is 0 Å². The molecule has 0 amide bonds. The van der Waals surface area contributed by atoms with E-state index in [1.807, 2.05) is 31.2 Å². The summed E-state index contributed by atoms with van der Waals surface area (Å²) in [5.74, 6) is 1.47. The number of benzene rings is 1. The second kappa shape index (κ2) is 6.31. The van der Waals surface area contributed by atoms with Crippen molar-refractivity contribution >= 4 is 0 Å². The first kappa shape index (κ1) is 15.6. The Morgan fingerprint density at radius 1 is 1.29 bits per heavy atom. The van der Waals surface area contributed by atoms with E-state index in [1.165, 1.54) is 0 Å². The van der Waals surface area contributed by atoms with Gasteiger partial charge in [-0.2, -0.15) is 0 Å². The third-order valence-corrected chi connectivity index (χ3v) is 3.49. The second-order valence-electron chi connectivity index (χ2n) is 6.13. The Labute approximate surface area is 126 Å². The highest BCUT2D eigenvalue weighted by molar-refractivity contribution is 5.56. The van der Waals surface area contributed by atoms with Gasteiger partial charge in [0.1, 0.15) is 12.0 Å². The molecule has 4 heteroatoms. The van der Waals surface area contributed by atoms with Crippen molar-refractivity contribution in [2.24, 2.45) is 0 Å². The SMILES string of the molecule is CCOc1cccc(-c2nc(CN(C)C(C)(C)C)co2)c1. The summed E-state index contributed by atoms with van der Waals surface area (Å²) >= 11 is 0. The summed E-state index contributed by atoms with van der Waals surface area (Å²) in [4.78, 5) is 6.81. The molecule has 1 aromatic carbocycles. The van der Waals surface area contributed by atoms with Crippen LogP contribution in [0.5, 0.6) is 5.75 Å². The number of aromatic nitrogens is 1. The van der Waals surface area contributed by atoms with Gasteiger partial charge in [0.25, 0.3) is 0 Å². The first-order valence-electron chi connectivity index (χ1n) is 7.29. The molecular weight excluding hydrogens is 264 g/mol. The van der Waals surface area contributed by atoms with Crippen molar-refractivity contribution in [1.29, 1.82) is 0 Å². The van der Waals surface area contributed by atoms with E-state index in [-0.39, 0.29) is 5.54 Å². The zero-order valence-electron chi connectivity index (χ0n) is 13.5. The molecule has 4 nitrogen and oxygen atoms in total. The van der Waals surface area contributed by atoms with E-state index in [4.69, 9.17) is 9.15 Å². The second-order valence-corrected chi connectivity index (χ2v) is 6.13. The van der Waals surface area contributed by atoms with Crippen molar-refractivity contribution < 1.29 is 9.15 Å². The Morgan fingerprint density at radius 2 is 2.05 bits per heavy atom. The first-order chi connectivity index (χ1) is 9.90. The highest BCUT2D eigenvalue weighted by Crippen LogP contribution is 2.24. The van der Waals surface area contributed by atoms with Gasteiger partial charge in [0.15, 0.2) is 0 Å². The lowest BCUT2D eigenvalue weighted by Gasteiger charge is -2.30. The van der Waals surface area contributed by atoms with Crippen LogP contribution < -0.4 is 4.74 Å². The number of hydrogen-bond acceptors (Lipinski definition) is 4. The van der Waals surface area contributed by atoms with Crippen molar-refractivity contribution in [1.82, 2.24) is 9.88 Å². The summed E-state index contributed by atoms with van der Waals surface area (Å²) < 4.78 is 11.1.